The van der Waals surface area contributed by atoms with Crippen molar-refractivity contribution in [3.05, 3.63) is 24.3 Å². The number of anilines is 1. The molecule has 5 heteroatoms. The highest BCUT2D eigenvalue weighted by molar-refractivity contribution is 5.91. The van der Waals surface area contributed by atoms with Crippen LogP contribution in [0.25, 0.3) is 0 Å². The van der Waals surface area contributed by atoms with Crippen LogP contribution in [-0.2, 0) is 9.59 Å². The van der Waals surface area contributed by atoms with Gasteiger partial charge in [0, 0.05) is 37.7 Å². The Morgan fingerprint density at radius 3 is 2.65 bits per heavy atom. The maximum atomic E-state index is 12.1. The van der Waals surface area contributed by atoms with Gasteiger partial charge < -0.3 is 15.0 Å². The largest absolute Gasteiger partial charge is 0.497 e. The lowest BCUT2D eigenvalue weighted by Gasteiger charge is -2.33. The molecule has 0 unspecified atom stereocenters. The summed E-state index contributed by atoms with van der Waals surface area (Å²) in [5.41, 5.74) is 0.710. The van der Waals surface area contributed by atoms with Gasteiger partial charge in [0.1, 0.15) is 5.75 Å². The monoisotopic (exact) mass is 318 g/mol. The lowest BCUT2D eigenvalue weighted by Crippen LogP contribution is -2.41. The highest BCUT2D eigenvalue weighted by atomic mass is 16.5. The van der Waals surface area contributed by atoms with Crippen molar-refractivity contribution in [1.29, 1.82) is 0 Å². The molecule has 126 valence electrons. The standard InChI is InChI=1S/C18H26N2O3/c1-14(21)20(16-8-4-3-5-9-16)12-11-18(22)19-15-7-6-10-17(13-15)23-2/h6-7,10,13,16H,3-5,8-9,11-12H2,1-2H3,(H,19,22). The number of hydrogen-bond acceptors (Lipinski definition) is 3. The van der Waals surface area contributed by atoms with Crippen LogP contribution in [-0.4, -0.2) is 36.4 Å². The number of nitrogens with zero attached hydrogens (tertiary/aromatic N) is 1. The van der Waals surface area contributed by atoms with E-state index in [9.17, 15) is 9.59 Å². The Kier molecular flexibility index (Phi) is 6.44. The molecule has 2 amide bonds. The molecule has 1 aromatic rings. The number of nitrogens with one attached hydrogen (secondary N) is 1. The normalized spacial score (nSPS) is 15.0. The van der Waals surface area contributed by atoms with E-state index in [1.54, 1.807) is 20.1 Å². The Balaban J connectivity index is 1.86. The van der Waals surface area contributed by atoms with Gasteiger partial charge in [0.2, 0.25) is 11.8 Å². The third-order valence-corrected chi connectivity index (χ3v) is 4.35. The zero-order chi connectivity index (χ0) is 16.7. The minimum atomic E-state index is -0.0830. The molecule has 0 heterocycles. The van der Waals surface area contributed by atoms with Crippen molar-refractivity contribution in [3.63, 3.8) is 0 Å². The van der Waals surface area contributed by atoms with Crippen molar-refractivity contribution in [2.24, 2.45) is 0 Å². The Morgan fingerprint density at radius 1 is 1.26 bits per heavy atom. The predicted octanol–water partition coefficient (Wildman–Crippen LogP) is 3.21. The molecule has 0 saturated heterocycles. The molecule has 1 saturated carbocycles. The Bertz CT molecular complexity index is 539. The molecule has 0 radical (unpaired) electrons. The summed E-state index contributed by atoms with van der Waals surface area (Å²) < 4.78 is 5.14. The first-order valence-electron chi connectivity index (χ1n) is 8.31. The lowest BCUT2D eigenvalue weighted by molar-refractivity contribution is -0.132. The second kappa shape index (κ2) is 8.56. The molecule has 0 aromatic heterocycles. The van der Waals surface area contributed by atoms with Gasteiger partial charge >= 0.3 is 0 Å². The van der Waals surface area contributed by atoms with Gasteiger partial charge in [-0.3, -0.25) is 9.59 Å². The van der Waals surface area contributed by atoms with E-state index in [-0.39, 0.29) is 11.8 Å². The van der Waals surface area contributed by atoms with Crippen molar-refractivity contribution in [2.45, 2.75) is 51.5 Å². The van der Waals surface area contributed by atoms with E-state index in [0.717, 1.165) is 12.8 Å². The number of ether oxygens (including phenoxy) is 1. The Morgan fingerprint density at radius 2 is 2.00 bits per heavy atom. The van der Waals surface area contributed by atoms with Gasteiger partial charge in [-0.05, 0) is 25.0 Å². The fraction of sp³-hybridized carbons (Fsp3) is 0.556. The molecule has 1 N–H and O–H groups in total. The van der Waals surface area contributed by atoms with Gasteiger partial charge in [-0.25, -0.2) is 0 Å². The number of rotatable bonds is 6. The fourth-order valence-corrected chi connectivity index (χ4v) is 3.14. The summed E-state index contributed by atoms with van der Waals surface area (Å²) in [5.74, 6) is 0.682. The van der Waals surface area contributed by atoms with Gasteiger partial charge in [0.05, 0.1) is 7.11 Å². The summed E-state index contributed by atoms with van der Waals surface area (Å²) in [6, 6.07) is 7.56. The van der Waals surface area contributed by atoms with Crippen LogP contribution in [0.2, 0.25) is 0 Å². The second-order valence-corrected chi connectivity index (χ2v) is 6.03. The van der Waals surface area contributed by atoms with Crippen LogP contribution < -0.4 is 10.1 Å². The molecular weight excluding hydrogens is 292 g/mol. The topological polar surface area (TPSA) is 58.6 Å². The van der Waals surface area contributed by atoms with Crippen molar-refractivity contribution in [3.8, 4) is 5.75 Å². The average Bonchev–Trinajstić information content (AvgIpc) is 2.56. The van der Waals surface area contributed by atoms with Gasteiger partial charge in [-0.1, -0.05) is 25.3 Å². The van der Waals surface area contributed by atoms with Gasteiger partial charge in [-0.15, -0.1) is 0 Å². The fourth-order valence-electron chi connectivity index (χ4n) is 3.14. The van der Waals surface area contributed by atoms with Crippen molar-refractivity contribution in [2.75, 3.05) is 19.0 Å². The van der Waals surface area contributed by atoms with Crippen molar-refractivity contribution in [1.82, 2.24) is 4.90 Å². The first-order chi connectivity index (χ1) is 11.1. The smallest absolute Gasteiger partial charge is 0.226 e. The lowest BCUT2D eigenvalue weighted by atomic mass is 9.94. The van der Waals surface area contributed by atoms with E-state index in [1.165, 1.54) is 19.3 Å². The maximum absolute atomic E-state index is 12.1. The molecule has 1 fully saturated rings. The number of amides is 2. The number of benzene rings is 1. The highest BCUT2D eigenvalue weighted by Crippen LogP contribution is 2.23. The van der Waals surface area contributed by atoms with Gasteiger partial charge in [0.15, 0.2) is 0 Å². The third kappa shape index (κ3) is 5.27. The van der Waals surface area contributed by atoms with Gasteiger partial charge in [0.25, 0.3) is 0 Å². The summed E-state index contributed by atoms with van der Waals surface area (Å²) in [7, 11) is 1.59. The molecule has 1 aliphatic rings. The molecule has 1 aromatic carbocycles. The van der Waals surface area contributed by atoms with Gasteiger partial charge in [-0.2, -0.15) is 0 Å². The number of hydrogen-bond donors (Lipinski definition) is 1. The first-order valence-corrected chi connectivity index (χ1v) is 8.31. The third-order valence-electron chi connectivity index (χ3n) is 4.35. The summed E-state index contributed by atoms with van der Waals surface area (Å²) >= 11 is 0. The molecule has 23 heavy (non-hydrogen) atoms. The zero-order valence-electron chi connectivity index (χ0n) is 14.0. The van der Waals surface area contributed by atoms with E-state index >= 15 is 0 Å². The number of methoxy groups -OCH3 is 1. The van der Waals surface area contributed by atoms with E-state index in [4.69, 9.17) is 4.74 Å². The minimum Gasteiger partial charge on any atom is -0.497 e. The molecule has 5 nitrogen and oxygen atoms in total. The van der Waals surface area contributed by atoms with Crippen molar-refractivity contribution >= 4 is 17.5 Å². The Labute approximate surface area is 138 Å². The SMILES string of the molecule is COc1cccc(NC(=O)CCN(C(C)=O)C2CCCCC2)c1. The molecule has 2 rings (SSSR count). The summed E-state index contributed by atoms with van der Waals surface area (Å²) in [6.45, 7) is 2.07. The van der Waals surface area contributed by atoms with Crippen LogP contribution in [0, 0.1) is 0 Å². The van der Waals surface area contributed by atoms with E-state index < -0.39 is 0 Å². The van der Waals surface area contributed by atoms with Crippen LogP contribution in [0.3, 0.4) is 0 Å². The predicted molar refractivity (Wildman–Crippen MR) is 90.5 cm³/mol. The molecule has 0 aliphatic heterocycles. The summed E-state index contributed by atoms with van der Waals surface area (Å²) in [6.07, 6.45) is 6.01. The van der Waals surface area contributed by atoms with Crippen LogP contribution in [0.4, 0.5) is 5.69 Å². The van der Waals surface area contributed by atoms with E-state index in [1.807, 2.05) is 23.1 Å². The number of carbonyl (C=O) groups is 2. The molecule has 1 aliphatic carbocycles. The minimum absolute atomic E-state index is 0.0612. The summed E-state index contributed by atoms with van der Waals surface area (Å²) in [5, 5.41) is 2.86. The molecule has 0 spiro atoms. The van der Waals surface area contributed by atoms with E-state index in [0.29, 0.717) is 30.4 Å². The highest BCUT2D eigenvalue weighted by Gasteiger charge is 2.23. The number of carbonyl (C=O) groups excluding carboxylic acids is 2. The maximum Gasteiger partial charge on any atom is 0.226 e. The molecular formula is C18H26N2O3. The first kappa shape index (κ1) is 17.3. The Hall–Kier alpha value is -2.04. The second-order valence-electron chi connectivity index (χ2n) is 6.03. The van der Waals surface area contributed by atoms with Crippen LogP contribution >= 0.6 is 0 Å². The van der Waals surface area contributed by atoms with Crippen LogP contribution in [0.5, 0.6) is 5.75 Å². The van der Waals surface area contributed by atoms with Crippen LogP contribution in [0.15, 0.2) is 24.3 Å². The zero-order valence-corrected chi connectivity index (χ0v) is 14.0. The summed E-state index contributed by atoms with van der Waals surface area (Å²) in [4.78, 5) is 25.9. The van der Waals surface area contributed by atoms with Crippen LogP contribution in [0.1, 0.15) is 45.4 Å². The van der Waals surface area contributed by atoms with E-state index in [2.05, 4.69) is 5.32 Å². The average molecular weight is 318 g/mol. The molecule has 0 atom stereocenters. The molecule has 0 bridgehead atoms. The van der Waals surface area contributed by atoms with Crippen molar-refractivity contribution < 1.29 is 14.3 Å². The quantitative estimate of drug-likeness (QED) is 0.876.